The number of hydrogen-bond donors (Lipinski definition) is 3. The fourth-order valence-electron chi connectivity index (χ4n) is 4.65. The van der Waals surface area contributed by atoms with Crippen molar-refractivity contribution >= 4 is 22.6 Å². The van der Waals surface area contributed by atoms with E-state index in [0.717, 1.165) is 53.6 Å². The Morgan fingerprint density at radius 3 is 2.62 bits per heavy atom. The summed E-state index contributed by atoms with van der Waals surface area (Å²) in [6.45, 7) is 10.8. The molecule has 4 N–H and O–H groups in total. The topological polar surface area (TPSA) is 114 Å². The Labute approximate surface area is 201 Å². The number of fused-ring (bicyclic) bond motifs is 1. The number of ketones is 1. The molecular formula is C26H37N7O. The molecule has 0 amide bonds. The molecule has 1 aliphatic carbocycles. The molecule has 1 aliphatic rings. The number of rotatable bonds is 7. The van der Waals surface area contributed by atoms with E-state index in [4.69, 9.17) is 15.7 Å². The highest BCUT2D eigenvalue weighted by molar-refractivity contribution is 5.94. The van der Waals surface area contributed by atoms with Gasteiger partial charge >= 0.3 is 0 Å². The van der Waals surface area contributed by atoms with Gasteiger partial charge in [-0.1, -0.05) is 32.0 Å². The predicted octanol–water partition coefficient (Wildman–Crippen LogP) is 4.45. The molecule has 1 saturated carbocycles. The largest absolute Gasteiger partial charge is 0.364 e. The number of aromatic nitrogens is 4. The standard InChI is InChI=1S/C26H37N7O/c1-15(2)22-24-23(32-31-22)25(28-14-18-7-6-8-19(13-18)17(5)34)30-26(33(24)16(3)4)29-21-11-9-20(27)10-12-21/h6-8,13,15-16,20-21H,9-12,14,27H2,1-5H3,(H,31,32)(H,28,29,30). The van der Waals surface area contributed by atoms with Crippen molar-refractivity contribution in [2.24, 2.45) is 10.7 Å². The lowest BCUT2D eigenvalue weighted by Crippen LogP contribution is -2.33. The van der Waals surface area contributed by atoms with Gasteiger partial charge in [-0.05, 0) is 64.0 Å². The van der Waals surface area contributed by atoms with Crippen molar-refractivity contribution in [3.05, 3.63) is 46.7 Å². The molecule has 0 saturated heterocycles. The lowest BCUT2D eigenvalue weighted by molar-refractivity contribution is 0.101. The Hall–Kier alpha value is -3.00. The zero-order chi connectivity index (χ0) is 24.4. The summed E-state index contributed by atoms with van der Waals surface area (Å²) in [5.41, 5.74) is 11.5. The number of H-pyrrole nitrogens is 1. The molecule has 8 nitrogen and oxygen atoms in total. The molecule has 0 aliphatic heterocycles. The minimum atomic E-state index is 0.0576. The summed E-state index contributed by atoms with van der Waals surface area (Å²) in [4.78, 5) is 21.9. The first-order chi connectivity index (χ1) is 16.2. The van der Waals surface area contributed by atoms with Crippen LogP contribution in [-0.4, -0.2) is 37.6 Å². The SMILES string of the molecule is CC(=O)c1cccc(CNc2nc(=NC3CCC(N)CC3)n(C(C)C)c3c(C(C)C)[nH]nc23)c1. The van der Waals surface area contributed by atoms with E-state index >= 15 is 0 Å². The monoisotopic (exact) mass is 463 g/mol. The second-order valence-corrected chi connectivity index (χ2v) is 10.0. The van der Waals surface area contributed by atoms with Crippen LogP contribution in [0.1, 0.15) is 93.9 Å². The van der Waals surface area contributed by atoms with Crippen molar-refractivity contribution < 1.29 is 4.79 Å². The highest BCUT2D eigenvalue weighted by Gasteiger charge is 2.22. The fraction of sp³-hybridized carbons (Fsp3) is 0.538. The summed E-state index contributed by atoms with van der Waals surface area (Å²) < 4.78 is 2.21. The maximum atomic E-state index is 11.8. The third-order valence-corrected chi connectivity index (χ3v) is 6.59. The van der Waals surface area contributed by atoms with Crippen LogP contribution in [0.25, 0.3) is 11.0 Å². The number of benzene rings is 1. The summed E-state index contributed by atoms with van der Waals surface area (Å²) in [6, 6.07) is 8.36. The van der Waals surface area contributed by atoms with Crippen LogP contribution in [0, 0.1) is 0 Å². The van der Waals surface area contributed by atoms with Crippen molar-refractivity contribution in [3.8, 4) is 0 Å². The minimum absolute atomic E-state index is 0.0576. The van der Waals surface area contributed by atoms with Crippen LogP contribution < -0.4 is 16.7 Å². The average Bonchev–Trinajstić information content (AvgIpc) is 3.24. The molecule has 1 aromatic carbocycles. The van der Waals surface area contributed by atoms with Crippen LogP contribution in [0.2, 0.25) is 0 Å². The van der Waals surface area contributed by atoms with Crippen molar-refractivity contribution in [2.45, 2.75) is 90.9 Å². The molecule has 0 spiro atoms. The van der Waals surface area contributed by atoms with Crippen molar-refractivity contribution in [1.82, 2.24) is 19.7 Å². The van der Waals surface area contributed by atoms with Gasteiger partial charge in [0.25, 0.3) is 0 Å². The molecular weight excluding hydrogens is 426 g/mol. The molecule has 0 atom stereocenters. The van der Waals surface area contributed by atoms with E-state index in [-0.39, 0.29) is 29.8 Å². The van der Waals surface area contributed by atoms with Crippen LogP contribution in [0.15, 0.2) is 29.3 Å². The number of aromatic amines is 1. The summed E-state index contributed by atoms with van der Waals surface area (Å²) in [6.07, 6.45) is 3.97. The molecule has 8 heteroatoms. The van der Waals surface area contributed by atoms with Gasteiger partial charge in [0.05, 0.1) is 17.3 Å². The van der Waals surface area contributed by atoms with E-state index in [1.54, 1.807) is 6.92 Å². The number of hydrogen-bond acceptors (Lipinski definition) is 6. The molecule has 2 heterocycles. The van der Waals surface area contributed by atoms with E-state index in [9.17, 15) is 4.79 Å². The number of Topliss-reactive ketones (excluding diaryl/α,β-unsaturated/α-hetero) is 1. The summed E-state index contributed by atoms with van der Waals surface area (Å²) in [7, 11) is 0. The number of anilines is 1. The zero-order valence-electron chi connectivity index (χ0n) is 20.9. The zero-order valence-corrected chi connectivity index (χ0v) is 20.9. The predicted molar refractivity (Wildman–Crippen MR) is 136 cm³/mol. The Bertz CT molecular complexity index is 1230. The average molecular weight is 464 g/mol. The Kier molecular flexibility index (Phi) is 7.16. The number of carbonyl (C=O) groups is 1. The Morgan fingerprint density at radius 2 is 1.97 bits per heavy atom. The smallest absolute Gasteiger partial charge is 0.227 e. The van der Waals surface area contributed by atoms with Crippen LogP contribution >= 0.6 is 0 Å². The van der Waals surface area contributed by atoms with Crippen molar-refractivity contribution in [1.29, 1.82) is 0 Å². The number of nitrogens with two attached hydrogens (primary N) is 1. The second kappa shape index (κ2) is 10.1. The van der Waals surface area contributed by atoms with Crippen LogP contribution in [0.4, 0.5) is 5.82 Å². The Morgan fingerprint density at radius 1 is 1.24 bits per heavy atom. The third kappa shape index (κ3) is 5.06. The van der Waals surface area contributed by atoms with E-state index in [0.29, 0.717) is 17.9 Å². The third-order valence-electron chi connectivity index (χ3n) is 6.59. The van der Waals surface area contributed by atoms with Crippen LogP contribution in [-0.2, 0) is 6.54 Å². The van der Waals surface area contributed by atoms with Gasteiger partial charge in [0, 0.05) is 24.2 Å². The number of nitrogens with one attached hydrogen (secondary N) is 2. The minimum Gasteiger partial charge on any atom is -0.364 e. The first-order valence-electron chi connectivity index (χ1n) is 12.4. The summed E-state index contributed by atoms with van der Waals surface area (Å²) in [5, 5.41) is 11.4. The van der Waals surface area contributed by atoms with Gasteiger partial charge in [-0.3, -0.25) is 9.89 Å². The summed E-state index contributed by atoms with van der Waals surface area (Å²) in [5.74, 6) is 1.04. The maximum Gasteiger partial charge on any atom is 0.227 e. The molecule has 4 rings (SSSR count). The van der Waals surface area contributed by atoms with Gasteiger partial charge in [-0.2, -0.15) is 10.1 Å². The van der Waals surface area contributed by atoms with Crippen LogP contribution in [0.3, 0.4) is 0 Å². The van der Waals surface area contributed by atoms with Gasteiger partial charge in [-0.15, -0.1) is 0 Å². The number of carbonyl (C=O) groups excluding carboxylic acids is 1. The van der Waals surface area contributed by atoms with Gasteiger partial charge in [0.2, 0.25) is 5.62 Å². The molecule has 0 unspecified atom stereocenters. The molecule has 34 heavy (non-hydrogen) atoms. The van der Waals surface area contributed by atoms with E-state index < -0.39 is 0 Å². The highest BCUT2D eigenvalue weighted by atomic mass is 16.1. The quantitative estimate of drug-likeness (QED) is 0.448. The fourth-order valence-corrected chi connectivity index (χ4v) is 4.65. The van der Waals surface area contributed by atoms with Gasteiger partial charge in [0.1, 0.15) is 0 Å². The summed E-state index contributed by atoms with van der Waals surface area (Å²) >= 11 is 0. The molecule has 3 aromatic rings. The van der Waals surface area contributed by atoms with Gasteiger partial charge in [-0.25, -0.2) is 4.99 Å². The van der Waals surface area contributed by atoms with E-state index in [1.165, 1.54) is 0 Å². The van der Waals surface area contributed by atoms with Crippen molar-refractivity contribution in [2.75, 3.05) is 5.32 Å². The molecule has 1 fully saturated rings. The number of nitrogens with zero attached hydrogens (tertiary/aromatic N) is 4. The normalized spacial score (nSPS) is 19.4. The highest BCUT2D eigenvalue weighted by Crippen LogP contribution is 2.28. The van der Waals surface area contributed by atoms with Crippen LogP contribution in [0.5, 0.6) is 0 Å². The first kappa shape index (κ1) is 24.1. The van der Waals surface area contributed by atoms with Gasteiger partial charge in [0.15, 0.2) is 17.1 Å². The van der Waals surface area contributed by atoms with E-state index in [1.807, 2.05) is 24.3 Å². The molecule has 0 bridgehead atoms. The molecule has 2 aromatic heterocycles. The van der Waals surface area contributed by atoms with Crippen molar-refractivity contribution in [3.63, 3.8) is 0 Å². The maximum absolute atomic E-state index is 11.8. The molecule has 182 valence electrons. The lowest BCUT2D eigenvalue weighted by atomic mass is 9.92. The lowest BCUT2D eigenvalue weighted by Gasteiger charge is -2.24. The second-order valence-electron chi connectivity index (χ2n) is 10.0. The molecule has 0 radical (unpaired) electrons. The first-order valence-corrected chi connectivity index (χ1v) is 12.4. The van der Waals surface area contributed by atoms with Gasteiger partial charge < -0.3 is 15.6 Å². The van der Waals surface area contributed by atoms with E-state index in [2.05, 4.69) is 47.8 Å². The Balaban J connectivity index is 1.80.